The quantitative estimate of drug-likeness (QED) is 0.804. The highest BCUT2D eigenvalue weighted by Gasteiger charge is 2.48. The second-order valence-electron chi connectivity index (χ2n) is 6.66. The molecule has 2 aromatic rings. The SMILES string of the molecule is Cn1ccnc1CN(C(=O)[C@@H]1C[C@@H]1c1cccc(Br)c1)C1CC1. The number of amides is 1. The van der Waals surface area contributed by atoms with Crippen molar-refractivity contribution < 1.29 is 4.79 Å². The Morgan fingerprint density at radius 3 is 2.91 bits per heavy atom. The molecule has 1 heterocycles. The smallest absolute Gasteiger partial charge is 0.226 e. The fourth-order valence-electron chi connectivity index (χ4n) is 3.26. The number of carbonyl (C=O) groups is 1. The van der Waals surface area contributed by atoms with Crippen LogP contribution in [0, 0.1) is 5.92 Å². The number of rotatable bonds is 5. The molecule has 1 aromatic heterocycles. The molecule has 5 heteroatoms. The summed E-state index contributed by atoms with van der Waals surface area (Å²) in [7, 11) is 1.99. The summed E-state index contributed by atoms with van der Waals surface area (Å²) >= 11 is 3.52. The lowest BCUT2D eigenvalue weighted by Crippen LogP contribution is -2.35. The minimum Gasteiger partial charge on any atom is -0.337 e. The molecule has 2 saturated carbocycles. The Bertz CT molecular complexity index is 737. The van der Waals surface area contributed by atoms with Gasteiger partial charge in [-0.25, -0.2) is 4.98 Å². The Kier molecular flexibility index (Phi) is 3.76. The molecule has 4 nitrogen and oxygen atoms in total. The van der Waals surface area contributed by atoms with Crippen molar-refractivity contribution in [2.24, 2.45) is 13.0 Å². The molecule has 0 saturated heterocycles. The van der Waals surface area contributed by atoms with Gasteiger partial charge in [-0.2, -0.15) is 0 Å². The molecule has 23 heavy (non-hydrogen) atoms. The number of benzene rings is 1. The van der Waals surface area contributed by atoms with Gasteiger partial charge >= 0.3 is 0 Å². The van der Waals surface area contributed by atoms with Gasteiger partial charge in [0.2, 0.25) is 5.91 Å². The molecular formula is C18H20BrN3O. The number of hydrogen-bond donors (Lipinski definition) is 0. The molecule has 0 unspecified atom stereocenters. The molecule has 1 amide bonds. The predicted octanol–water partition coefficient (Wildman–Crippen LogP) is 3.48. The maximum atomic E-state index is 13.0. The van der Waals surface area contributed by atoms with Crippen LogP contribution in [0.1, 0.15) is 36.6 Å². The first-order valence-electron chi connectivity index (χ1n) is 8.15. The maximum absolute atomic E-state index is 13.0. The number of aryl methyl sites for hydroxylation is 1. The molecule has 0 N–H and O–H groups in total. The van der Waals surface area contributed by atoms with E-state index in [0.717, 1.165) is 29.6 Å². The van der Waals surface area contributed by atoms with Gasteiger partial charge in [-0.3, -0.25) is 4.79 Å². The molecule has 0 bridgehead atoms. The normalized spacial score (nSPS) is 22.9. The lowest BCUT2D eigenvalue weighted by molar-refractivity contribution is -0.134. The number of nitrogens with zero attached hydrogens (tertiary/aromatic N) is 3. The van der Waals surface area contributed by atoms with Gasteiger partial charge in [0.1, 0.15) is 5.82 Å². The lowest BCUT2D eigenvalue weighted by atomic mass is 10.1. The first kappa shape index (κ1) is 14.9. The van der Waals surface area contributed by atoms with Crippen LogP contribution < -0.4 is 0 Å². The summed E-state index contributed by atoms with van der Waals surface area (Å²) in [5.41, 5.74) is 1.27. The Morgan fingerprint density at radius 2 is 2.26 bits per heavy atom. The molecule has 1 aromatic carbocycles. The summed E-state index contributed by atoms with van der Waals surface area (Å²) in [6.45, 7) is 0.634. The van der Waals surface area contributed by atoms with Crippen molar-refractivity contribution in [2.45, 2.75) is 37.8 Å². The van der Waals surface area contributed by atoms with Crippen LogP contribution in [0.4, 0.5) is 0 Å². The van der Waals surface area contributed by atoms with Gasteiger partial charge in [-0.1, -0.05) is 28.1 Å². The summed E-state index contributed by atoms with van der Waals surface area (Å²) in [5.74, 6) is 1.79. The van der Waals surface area contributed by atoms with Crippen LogP contribution in [0.25, 0.3) is 0 Å². The summed E-state index contributed by atoms with van der Waals surface area (Å²) in [5, 5.41) is 0. The van der Waals surface area contributed by atoms with Gasteiger partial charge in [0.25, 0.3) is 0 Å². The zero-order chi connectivity index (χ0) is 16.0. The molecule has 2 aliphatic rings. The van der Waals surface area contributed by atoms with E-state index in [-0.39, 0.29) is 5.92 Å². The molecule has 2 aliphatic carbocycles. The van der Waals surface area contributed by atoms with Gasteiger partial charge in [0.05, 0.1) is 6.54 Å². The highest BCUT2D eigenvalue weighted by atomic mass is 79.9. The monoisotopic (exact) mass is 373 g/mol. The predicted molar refractivity (Wildman–Crippen MR) is 91.8 cm³/mol. The third kappa shape index (κ3) is 3.07. The fraction of sp³-hybridized carbons (Fsp3) is 0.444. The van der Waals surface area contributed by atoms with Crippen LogP contribution in [0.5, 0.6) is 0 Å². The Morgan fingerprint density at radius 1 is 1.43 bits per heavy atom. The van der Waals surface area contributed by atoms with E-state index in [0.29, 0.717) is 24.4 Å². The second kappa shape index (κ2) is 5.78. The first-order chi connectivity index (χ1) is 11.1. The highest BCUT2D eigenvalue weighted by molar-refractivity contribution is 9.10. The molecule has 4 rings (SSSR count). The topological polar surface area (TPSA) is 38.1 Å². The molecule has 2 atom stereocenters. The van der Waals surface area contributed by atoms with Crippen molar-refractivity contribution in [3.05, 3.63) is 52.5 Å². The highest BCUT2D eigenvalue weighted by Crippen LogP contribution is 2.50. The van der Waals surface area contributed by atoms with Crippen LogP contribution >= 0.6 is 15.9 Å². The molecule has 0 aliphatic heterocycles. The van der Waals surface area contributed by atoms with E-state index in [9.17, 15) is 4.79 Å². The van der Waals surface area contributed by atoms with E-state index in [2.05, 4.69) is 37.9 Å². The van der Waals surface area contributed by atoms with Gasteiger partial charge in [0.15, 0.2) is 0 Å². The van der Waals surface area contributed by atoms with E-state index in [1.54, 1.807) is 6.20 Å². The number of hydrogen-bond acceptors (Lipinski definition) is 2. The number of aromatic nitrogens is 2. The van der Waals surface area contributed by atoms with E-state index in [4.69, 9.17) is 0 Å². The molecule has 0 spiro atoms. The van der Waals surface area contributed by atoms with Gasteiger partial charge in [-0.05, 0) is 42.9 Å². The van der Waals surface area contributed by atoms with Crippen molar-refractivity contribution in [3.63, 3.8) is 0 Å². The molecule has 2 fully saturated rings. The summed E-state index contributed by atoms with van der Waals surface area (Å²) in [6.07, 6.45) is 6.96. The van der Waals surface area contributed by atoms with E-state index in [1.165, 1.54) is 5.56 Å². The van der Waals surface area contributed by atoms with Crippen LogP contribution in [0.2, 0.25) is 0 Å². The molecular weight excluding hydrogens is 354 g/mol. The van der Waals surface area contributed by atoms with Crippen LogP contribution in [-0.2, 0) is 18.4 Å². The largest absolute Gasteiger partial charge is 0.337 e. The van der Waals surface area contributed by atoms with Crippen molar-refractivity contribution in [1.82, 2.24) is 14.5 Å². The summed E-state index contributed by atoms with van der Waals surface area (Å²) < 4.78 is 3.08. The first-order valence-corrected chi connectivity index (χ1v) is 8.95. The van der Waals surface area contributed by atoms with E-state index < -0.39 is 0 Å². The van der Waals surface area contributed by atoms with Crippen molar-refractivity contribution >= 4 is 21.8 Å². The molecule has 0 radical (unpaired) electrons. The van der Waals surface area contributed by atoms with Crippen molar-refractivity contribution in [3.8, 4) is 0 Å². The standard InChI is InChI=1S/C18H20BrN3O/c1-21-8-7-20-17(21)11-22(14-5-6-14)18(23)16-10-15(16)12-3-2-4-13(19)9-12/h2-4,7-9,14-16H,5-6,10-11H2,1H3/t15-,16-/m1/s1. The Hall–Kier alpha value is -1.62. The van der Waals surface area contributed by atoms with Gasteiger partial charge < -0.3 is 9.47 Å². The maximum Gasteiger partial charge on any atom is 0.226 e. The van der Waals surface area contributed by atoms with E-state index >= 15 is 0 Å². The average molecular weight is 374 g/mol. The van der Waals surface area contributed by atoms with Gasteiger partial charge in [-0.15, -0.1) is 0 Å². The van der Waals surface area contributed by atoms with E-state index in [1.807, 2.05) is 29.9 Å². The zero-order valence-electron chi connectivity index (χ0n) is 13.2. The zero-order valence-corrected chi connectivity index (χ0v) is 14.7. The number of carbonyl (C=O) groups excluding carboxylic acids is 1. The summed E-state index contributed by atoms with van der Waals surface area (Å²) in [4.78, 5) is 19.4. The van der Waals surface area contributed by atoms with Crippen molar-refractivity contribution in [1.29, 1.82) is 0 Å². The number of halogens is 1. The van der Waals surface area contributed by atoms with Crippen LogP contribution in [0.15, 0.2) is 41.1 Å². The third-order valence-electron chi connectivity index (χ3n) is 4.89. The Labute approximate surface area is 144 Å². The second-order valence-corrected chi connectivity index (χ2v) is 7.57. The Balaban J connectivity index is 1.48. The summed E-state index contributed by atoms with van der Waals surface area (Å²) in [6, 6.07) is 8.76. The minimum absolute atomic E-state index is 0.144. The van der Waals surface area contributed by atoms with Gasteiger partial charge in [0, 0.05) is 35.9 Å². The molecule has 120 valence electrons. The van der Waals surface area contributed by atoms with Crippen LogP contribution in [-0.4, -0.2) is 26.4 Å². The van der Waals surface area contributed by atoms with Crippen LogP contribution in [0.3, 0.4) is 0 Å². The fourth-order valence-corrected chi connectivity index (χ4v) is 3.68. The average Bonchev–Trinajstić information content (AvgIpc) is 3.44. The van der Waals surface area contributed by atoms with Crippen molar-refractivity contribution in [2.75, 3.05) is 0 Å². The lowest BCUT2D eigenvalue weighted by Gasteiger charge is -2.22. The number of imidazole rings is 1. The minimum atomic E-state index is 0.144. The third-order valence-corrected chi connectivity index (χ3v) is 5.38.